The van der Waals surface area contributed by atoms with Crippen LogP contribution in [0, 0.1) is 10.1 Å². The van der Waals surface area contributed by atoms with E-state index in [9.17, 15) is 14.9 Å². The van der Waals surface area contributed by atoms with Crippen LogP contribution in [0.1, 0.15) is 6.42 Å². The second-order valence-electron chi connectivity index (χ2n) is 4.55. The zero-order valence-corrected chi connectivity index (χ0v) is 11.8. The van der Waals surface area contributed by atoms with Gasteiger partial charge in [0.1, 0.15) is 5.82 Å². The molecule has 1 heterocycles. The number of anilines is 1. The number of methoxy groups -OCH3 is 1. The Balaban J connectivity index is 2.20. The minimum atomic E-state index is -0.435. The summed E-state index contributed by atoms with van der Waals surface area (Å²) in [7, 11) is 3.17. The molecule has 2 aromatic rings. The highest BCUT2D eigenvalue weighted by molar-refractivity contribution is 5.82. The third kappa shape index (κ3) is 3.44. The SMILES string of the molecule is COC(=O)CCN(C)c1ccc2cc([N+](=O)[O-])ccc2n1. The van der Waals surface area contributed by atoms with Crippen molar-refractivity contribution in [2.24, 2.45) is 0 Å². The molecule has 0 aliphatic carbocycles. The number of esters is 1. The van der Waals surface area contributed by atoms with Gasteiger partial charge in [0.25, 0.3) is 5.69 Å². The van der Waals surface area contributed by atoms with Crippen LogP contribution in [-0.2, 0) is 9.53 Å². The third-order valence-corrected chi connectivity index (χ3v) is 3.14. The molecule has 0 saturated carbocycles. The van der Waals surface area contributed by atoms with E-state index < -0.39 is 4.92 Å². The summed E-state index contributed by atoms with van der Waals surface area (Å²) in [5.41, 5.74) is 0.708. The molecule has 0 spiro atoms. The quantitative estimate of drug-likeness (QED) is 0.476. The number of non-ortho nitro benzene ring substituents is 1. The molecule has 0 saturated heterocycles. The molecule has 0 bridgehead atoms. The van der Waals surface area contributed by atoms with Crippen LogP contribution in [0.25, 0.3) is 10.9 Å². The van der Waals surface area contributed by atoms with Crippen LogP contribution >= 0.6 is 0 Å². The molecule has 0 radical (unpaired) electrons. The van der Waals surface area contributed by atoms with Crippen LogP contribution in [0.15, 0.2) is 30.3 Å². The van der Waals surface area contributed by atoms with E-state index >= 15 is 0 Å². The van der Waals surface area contributed by atoms with Gasteiger partial charge in [-0.15, -0.1) is 0 Å². The average Bonchev–Trinajstić information content (AvgIpc) is 2.50. The second-order valence-corrected chi connectivity index (χ2v) is 4.55. The van der Waals surface area contributed by atoms with Gasteiger partial charge in [0.05, 0.1) is 24.0 Å². The lowest BCUT2D eigenvalue weighted by molar-refractivity contribution is -0.384. The Kier molecular flexibility index (Phi) is 4.32. The lowest BCUT2D eigenvalue weighted by Gasteiger charge is -2.17. The Hall–Kier alpha value is -2.70. The maximum atomic E-state index is 11.1. The number of hydrogen-bond donors (Lipinski definition) is 0. The molecule has 0 amide bonds. The monoisotopic (exact) mass is 289 g/mol. The van der Waals surface area contributed by atoms with Crippen molar-refractivity contribution in [3.05, 3.63) is 40.4 Å². The van der Waals surface area contributed by atoms with Gasteiger partial charge in [-0.1, -0.05) is 0 Å². The summed E-state index contributed by atoms with van der Waals surface area (Å²) < 4.78 is 4.59. The lowest BCUT2D eigenvalue weighted by Crippen LogP contribution is -2.22. The van der Waals surface area contributed by atoms with Crippen molar-refractivity contribution in [2.45, 2.75) is 6.42 Å². The van der Waals surface area contributed by atoms with Crippen molar-refractivity contribution in [2.75, 3.05) is 25.6 Å². The first kappa shape index (κ1) is 14.7. The summed E-state index contributed by atoms with van der Waals surface area (Å²) in [6.07, 6.45) is 0.271. The topological polar surface area (TPSA) is 85.6 Å². The number of ether oxygens (including phenoxy) is 1. The Morgan fingerprint density at radius 2 is 2.14 bits per heavy atom. The Bertz CT molecular complexity index is 687. The zero-order chi connectivity index (χ0) is 15.4. The molecule has 0 atom stereocenters. The molecular formula is C14H15N3O4. The van der Waals surface area contributed by atoms with E-state index in [1.807, 2.05) is 11.9 Å². The highest BCUT2D eigenvalue weighted by atomic mass is 16.6. The van der Waals surface area contributed by atoms with Gasteiger partial charge >= 0.3 is 5.97 Å². The molecule has 7 nitrogen and oxygen atoms in total. The highest BCUT2D eigenvalue weighted by Gasteiger charge is 2.10. The van der Waals surface area contributed by atoms with Gasteiger partial charge in [0.15, 0.2) is 0 Å². The molecule has 0 aliphatic heterocycles. The van der Waals surface area contributed by atoms with E-state index in [0.717, 1.165) is 0 Å². The number of carbonyl (C=O) groups is 1. The molecule has 0 N–H and O–H groups in total. The minimum Gasteiger partial charge on any atom is -0.469 e. The standard InChI is InChI=1S/C14H15N3O4/c1-16(8-7-14(18)21-2)13-6-3-10-9-11(17(19)20)4-5-12(10)15-13/h3-6,9H,7-8H2,1-2H3. The number of rotatable bonds is 5. The number of benzene rings is 1. The fraction of sp³-hybridized carbons (Fsp3) is 0.286. The van der Waals surface area contributed by atoms with Crippen LogP contribution in [0.5, 0.6) is 0 Å². The number of aromatic nitrogens is 1. The number of pyridine rings is 1. The van der Waals surface area contributed by atoms with E-state index in [-0.39, 0.29) is 18.1 Å². The number of nitro benzene ring substituents is 1. The summed E-state index contributed by atoms with van der Waals surface area (Å²) in [5, 5.41) is 11.4. The maximum Gasteiger partial charge on any atom is 0.307 e. The summed E-state index contributed by atoms with van der Waals surface area (Å²) >= 11 is 0. The van der Waals surface area contributed by atoms with Crippen molar-refractivity contribution < 1.29 is 14.5 Å². The fourth-order valence-electron chi connectivity index (χ4n) is 1.90. The smallest absolute Gasteiger partial charge is 0.307 e. The first-order chi connectivity index (χ1) is 10.0. The van der Waals surface area contributed by atoms with Gasteiger partial charge in [0.2, 0.25) is 0 Å². The first-order valence-electron chi connectivity index (χ1n) is 6.34. The Morgan fingerprint density at radius 3 is 2.81 bits per heavy atom. The van der Waals surface area contributed by atoms with E-state index in [2.05, 4.69) is 9.72 Å². The van der Waals surface area contributed by atoms with Crippen LogP contribution in [0.2, 0.25) is 0 Å². The molecule has 7 heteroatoms. The van der Waals surface area contributed by atoms with E-state index in [1.165, 1.54) is 19.2 Å². The highest BCUT2D eigenvalue weighted by Crippen LogP contribution is 2.22. The zero-order valence-electron chi connectivity index (χ0n) is 11.8. The predicted molar refractivity (Wildman–Crippen MR) is 78.3 cm³/mol. The van der Waals surface area contributed by atoms with Gasteiger partial charge in [-0.3, -0.25) is 14.9 Å². The van der Waals surface area contributed by atoms with Crippen molar-refractivity contribution in [1.29, 1.82) is 0 Å². The molecule has 1 aromatic carbocycles. The summed E-state index contributed by atoms with van der Waals surface area (Å²) in [6, 6.07) is 8.07. The summed E-state index contributed by atoms with van der Waals surface area (Å²) in [6.45, 7) is 0.484. The average molecular weight is 289 g/mol. The largest absolute Gasteiger partial charge is 0.469 e. The molecule has 0 unspecified atom stereocenters. The summed E-state index contributed by atoms with van der Waals surface area (Å²) in [5.74, 6) is 0.415. The summed E-state index contributed by atoms with van der Waals surface area (Å²) in [4.78, 5) is 27.7. The first-order valence-corrected chi connectivity index (χ1v) is 6.34. The van der Waals surface area contributed by atoms with Crippen LogP contribution in [0.4, 0.5) is 11.5 Å². The number of nitrogens with zero attached hydrogens (tertiary/aromatic N) is 3. The van der Waals surface area contributed by atoms with Gasteiger partial charge in [0, 0.05) is 31.1 Å². The number of carbonyl (C=O) groups excluding carboxylic acids is 1. The number of fused-ring (bicyclic) bond motifs is 1. The second kappa shape index (κ2) is 6.17. The molecule has 2 rings (SSSR count). The number of nitro groups is 1. The van der Waals surface area contributed by atoms with Crippen molar-refractivity contribution in [3.63, 3.8) is 0 Å². The van der Waals surface area contributed by atoms with Crippen LogP contribution in [-0.4, -0.2) is 36.6 Å². The third-order valence-electron chi connectivity index (χ3n) is 3.14. The molecule has 0 aliphatic rings. The molecule has 21 heavy (non-hydrogen) atoms. The van der Waals surface area contributed by atoms with Crippen LogP contribution < -0.4 is 4.90 Å². The fourth-order valence-corrected chi connectivity index (χ4v) is 1.90. The number of hydrogen-bond acceptors (Lipinski definition) is 6. The lowest BCUT2D eigenvalue weighted by atomic mass is 10.2. The van der Waals surface area contributed by atoms with E-state index in [4.69, 9.17) is 0 Å². The maximum absolute atomic E-state index is 11.1. The normalized spacial score (nSPS) is 10.4. The van der Waals surface area contributed by atoms with E-state index in [1.54, 1.807) is 18.2 Å². The van der Waals surface area contributed by atoms with E-state index in [0.29, 0.717) is 23.3 Å². The van der Waals surface area contributed by atoms with Gasteiger partial charge in [-0.05, 0) is 18.2 Å². The molecule has 0 fully saturated rings. The van der Waals surface area contributed by atoms with Gasteiger partial charge in [-0.2, -0.15) is 0 Å². The predicted octanol–water partition coefficient (Wildman–Crippen LogP) is 2.14. The Morgan fingerprint density at radius 1 is 1.38 bits per heavy atom. The Labute approximate surface area is 121 Å². The molecule has 1 aromatic heterocycles. The van der Waals surface area contributed by atoms with Crippen molar-refractivity contribution >= 4 is 28.4 Å². The molecular weight excluding hydrogens is 274 g/mol. The van der Waals surface area contributed by atoms with Gasteiger partial charge < -0.3 is 9.64 Å². The minimum absolute atomic E-state index is 0.0381. The van der Waals surface area contributed by atoms with Crippen molar-refractivity contribution in [1.82, 2.24) is 4.98 Å². The molecule has 110 valence electrons. The van der Waals surface area contributed by atoms with Crippen molar-refractivity contribution in [3.8, 4) is 0 Å². The van der Waals surface area contributed by atoms with Gasteiger partial charge in [-0.25, -0.2) is 4.98 Å². The van der Waals surface area contributed by atoms with Crippen LogP contribution in [0.3, 0.4) is 0 Å².